The summed E-state index contributed by atoms with van der Waals surface area (Å²) in [6.45, 7) is 3.13. The number of carbonyl (C=O) groups excluding carboxylic acids is 1. The highest BCUT2D eigenvalue weighted by Gasteiger charge is 2.52. The van der Waals surface area contributed by atoms with Gasteiger partial charge in [0.05, 0.1) is 23.2 Å². The predicted molar refractivity (Wildman–Crippen MR) is 135 cm³/mol. The van der Waals surface area contributed by atoms with Gasteiger partial charge in [0.2, 0.25) is 5.91 Å². The van der Waals surface area contributed by atoms with E-state index in [4.69, 9.17) is 4.98 Å². The minimum absolute atomic E-state index is 0.114. The van der Waals surface area contributed by atoms with Crippen LogP contribution in [0.25, 0.3) is 10.9 Å². The SMILES string of the molecule is CC1CCc2ccccc2N1Cc1ccc2cc3c(cc2n1)CC1(C3)C(=O)NC2=C1CCC=N2. The van der Waals surface area contributed by atoms with E-state index in [-0.39, 0.29) is 5.91 Å². The van der Waals surface area contributed by atoms with Gasteiger partial charge < -0.3 is 10.2 Å². The molecule has 3 aromatic rings. The molecular formula is C29H28N4O. The number of nitrogens with zero attached hydrogens (tertiary/aromatic N) is 3. The molecule has 2 unspecified atom stereocenters. The van der Waals surface area contributed by atoms with Gasteiger partial charge in [0, 0.05) is 23.3 Å². The van der Waals surface area contributed by atoms with Gasteiger partial charge in [-0.15, -0.1) is 0 Å². The molecule has 0 fully saturated rings. The number of hydrogen-bond acceptors (Lipinski definition) is 4. The molecule has 0 bridgehead atoms. The molecule has 5 nitrogen and oxygen atoms in total. The van der Waals surface area contributed by atoms with Crippen LogP contribution in [0.2, 0.25) is 0 Å². The molecular weight excluding hydrogens is 420 g/mol. The van der Waals surface area contributed by atoms with Gasteiger partial charge in [-0.1, -0.05) is 24.3 Å². The summed E-state index contributed by atoms with van der Waals surface area (Å²) in [6, 6.07) is 18.1. The third-order valence-electron chi connectivity index (χ3n) is 8.32. The fourth-order valence-corrected chi connectivity index (χ4v) is 6.48. The molecule has 1 aromatic heterocycles. The second kappa shape index (κ2) is 7.26. The number of anilines is 1. The highest BCUT2D eigenvalue weighted by molar-refractivity contribution is 5.94. The largest absolute Gasteiger partial charge is 0.363 e. The van der Waals surface area contributed by atoms with Gasteiger partial charge in [-0.05, 0) is 92.0 Å². The second-order valence-electron chi connectivity index (χ2n) is 10.3. The molecule has 2 atom stereocenters. The van der Waals surface area contributed by atoms with E-state index in [1.165, 1.54) is 34.4 Å². The molecule has 1 spiro atoms. The van der Waals surface area contributed by atoms with E-state index >= 15 is 0 Å². The third kappa shape index (κ3) is 2.89. The number of aromatic nitrogens is 1. The van der Waals surface area contributed by atoms with E-state index in [2.05, 4.69) is 70.7 Å². The Morgan fingerprint density at radius 1 is 1.06 bits per heavy atom. The van der Waals surface area contributed by atoms with Gasteiger partial charge in [-0.3, -0.25) is 9.78 Å². The molecule has 0 saturated heterocycles. The Bertz CT molecular complexity index is 1420. The van der Waals surface area contributed by atoms with E-state index < -0.39 is 5.41 Å². The minimum Gasteiger partial charge on any atom is -0.363 e. The van der Waals surface area contributed by atoms with Crippen molar-refractivity contribution in [3.63, 3.8) is 0 Å². The topological polar surface area (TPSA) is 57.6 Å². The van der Waals surface area contributed by atoms with Crippen molar-refractivity contribution >= 4 is 28.7 Å². The van der Waals surface area contributed by atoms with Crippen LogP contribution in [-0.4, -0.2) is 23.1 Å². The van der Waals surface area contributed by atoms with Crippen molar-refractivity contribution in [2.75, 3.05) is 4.90 Å². The fraction of sp³-hybridized carbons (Fsp3) is 0.345. The summed E-state index contributed by atoms with van der Waals surface area (Å²) in [5.41, 5.74) is 8.17. The number of amides is 1. The number of aliphatic imine (C=N–C) groups is 1. The molecule has 1 aliphatic carbocycles. The Hall–Kier alpha value is -3.47. The zero-order valence-electron chi connectivity index (χ0n) is 19.5. The summed E-state index contributed by atoms with van der Waals surface area (Å²) in [5.74, 6) is 0.910. The molecule has 0 radical (unpaired) electrons. The van der Waals surface area contributed by atoms with E-state index in [0.29, 0.717) is 6.04 Å². The van der Waals surface area contributed by atoms with E-state index in [1.807, 2.05) is 6.21 Å². The summed E-state index contributed by atoms with van der Waals surface area (Å²) in [4.78, 5) is 25.1. The monoisotopic (exact) mass is 448 g/mol. The van der Waals surface area contributed by atoms with Crippen molar-refractivity contribution in [3.8, 4) is 0 Å². The van der Waals surface area contributed by atoms with Crippen molar-refractivity contribution < 1.29 is 4.79 Å². The zero-order valence-corrected chi connectivity index (χ0v) is 19.5. The van der Waals surface area contributed by atoms with E-state index in [1.54, 1.807) is 0 Å². The number of nitrogens with one attached hydrogen (secondary N) is 1. The lowest BCUT2D eigenvalue weighted by molar-refractivity contribution is -0.126. The van der Waals surface area contributed by atoms with Crippen LogP contribution in [-0.2, 0) is 30.6 Å². The smallest absolute Gasteiger partial charge is 0.236 e. The zero-order chi connectivity index (χ0) is 22.9. The average Bonchev–Trinajstić information content (AvgIpc) is 3.36. The van der Waals surface area contributed by atoms with Gasteiger partial charge in [0.15, 0.2) is 0 Å². The quantitative estimate of drug-likeness (QED) is 0.609. The summed E-state index contributed by atoms with van der Waals surface area (Å²) in [7, 11) is 0. The molecule has 1 amide bonds. The van der Waals surface area contributed by atoms with Crippen LogP contribution in [0.15, 0.2) is 64.9 Å². The summed E-state index contributed by atoms with van der Waals surface area (Å²) >= 11 is 0. The predicted octanol–water partition coefficient (Wildman–Crippen LogP) is 4.87. The molecule has 0 saturated carbocycles. The van der Waals surface area contributed by atoms with Gasteiger partial charge in [0.1, 0.15) is 5.82 Å². The summed E-state index contributed by atoms with van der Waals surface area (Å²) in [5, 5.41) is 4.21. The lowest BCUT2D eigenvalue weighted by Crippen LogP contribution is -2.36. The van der Waals surface area contributed by atoms with Gasteiger partial charge in [-0.2, -0.15) is 0 Å². The number of rotatable bonds is 2. The van der Waals surface area contributed by atoms with E-state index in [0.717, 1.165) is 61.1 Å². The average molecular weight is 449 g/mol. The third-order valence-corrected chi connectivity index (χ3v) is 8.32. The van der Waals surface area contributed by atoms with Crippen LogP contribution in [0.5, 0.6) is 0 Å². The number of para-hydroxylation sites is 1. The first-order valence-corrected chi connectivity index (χ1v) is 12.4. The molecule has 3 aliphatic heterocycles. The van der Waals surface area contributed by atoms with Crippen molar-refractivity contribution in [2.24, 2.45) is 10.4 Å². The molecule has 4 heterocycles. The Kier molecular flexibility index (Phi) is 4.26. The van der Waals surface area contributed by atoms with Crippen molar-refractivity contribution in [3.05, 3.63) is 82.3 Å². The van der Waals surface area contributed by atoms with Crippen LogP contribution in [0, 0.1) is 5.41 Å². The van der Waals surface area contributed by atoms with Gasteiger partial charge in [0.25, 0.3) is 0 Å². The highest BCUT2D eigenvalue weighted by atomic mass is 16.2. The Morgan fingerprint density at radius 3 is 2.82 bits per heavy atom. The molecule has 5 heteroatoms. The number of fused-ring (bicyclic) bond motifs is 4. The molecule has 34 heavy (non-hydrogen) atoms. The van der Waals surface area contributed by atoms with E-state index in [9.17, 15) is 4.79 Å². The first kappa shape index (κ1) is 20.0. The molecule has 7 rings (SSSR count). The van der Waals surface area contributed by atoms with Gasteiger partial charge in [-0.25, -0.2) is 4.99 Å². The standard InChI is InChI=1S/C29H28N4O/c1-18-8-9-19-5-2-3-7-26(19)33(18)17-23-11-10-20-13-21-15-29(16-22(21)14-25(20)31-23)24-6-4-12-30-27(24)32-28(29)34/h2-3,5,7,10-14,18H,4,6,8-9,15-17H2,1H3,(H,32,34). The maximum absolute atomic E-state index is 13.1. The van der Waals surface area contributed by atoms with Crippen molar-refractivity contribution in [1.29, 1.82) is 0 Å². The highest BCUT2D eigenvalue weighted by Crippen LogP contribution is 2.49. The summed E-state index contributed by atoms with van der Waals surface area (Å²) < 4.78 is 0. The van der Waals surface area contributed by atoms with Crippen LogP contribution < -0.4 is 10.2 Å². The van der Waals surface area contributed by atoms with Crippen LogP contribution in [0.3, 0.4) is 0 Å². The Morgan fingerprint density at radius 2 is 1.91 bits per heavy atom. The molecule has 2 aromatic carbocycles. The second-order valence-corrected chi connectivity index (χ2v) is 10.3. The molecule has 4 aliphatic rings. The maximum Gasteiger partial charge on any atom is 0.236 e. The first-order chi connectivity index (χ1) is 16.6. The maximum atomic E-state index is 13.1. The van der Waals surface area contributed by atoms with Crippen LogP contribution in [0.1, 0.15) is 48.6 Å². The molecule has 1 N–H and O–H groups in total. The number of hydrogen-bond donors (Lipinski definition) is 1. The number of carbonyl (C=O) groups is 1. The first-order valence-electron chi connectivity index (χ1n) is 12.4. The van der Waals surface area contributed by atoms with Gasteiger partial charge >= 0.3 is 0 Å². The lowest BCUT2D eigenvalue weighted by atomic mass is 9.76. The minimum atomic E-state index is -0.456. The molecule has 170 valence electrons. The summed E-state index contributed by atoms with van der Waals surface area (Å²) in [6.07, 6.45) is 7.58. The number of pyridine rings is 1. The van der Waals surface area contributed by atoms with Crippen LogP contribution >= 0.6 is 0 Å². The Labute approximate surface area is 199 Å². The van der Waals surface area contributed by atoms with Crippen molar-refractivity contribution in [2.45, 2.75) is 58.0 Å². The number of aryl methyl sites for hydroxylation is 1. The van der Waals surface area contributed by atoms with Crippen LogP contribution in [0.4, 0.5) is 5.69 Å². The normalized spacial score (nSPS) is 25.0. The lowest BCUT2D eigenvalue weighted by Gasteiger charge is -2.37. The fourth-order valence-electron chi connectivity index (χ4n) is 6.48. The van der Waals surface area contributed by atoms with Crippen molar-refractivity contribution in [1.82, 2.24) is 10.3 Å². The number of benzene rings is 2. The Balaban J connectivity index is 1.22.